The third-order valence-corrected chi connectivity index (χ3v) is 5.20. The number of nitrogens with zero attached hydrogens (tertiary/aromatic N) is 2. The maximum absolute atomic E-state index is 13.7. The molecule has 2 N–H and O–H groups in total. The average Bonchev–Trinajstić information content (AvgIpc) is 2.95. The van der Waals surface area contributed by atoms with Gasteiger partial charge >= 0.3 is 0 Å². The fourth-order valence-electron chi connectivity index (χ4n) is 1.65. The summed E-state index contributed by atoms with van der Waals surface area (Å²) in [6.45, 7) is 6.75. The summed E-state index contributed by atoms with van der Waals surface area (Å²) >= 11 is 8.36. The molecule has 130 valence electrons. The molecule has 0 aliphatic carbocycles. The van der Waals surface area contributed by atoms with Crippen molar-refractivity contribution in [3.63, 3.8) is 0 Å². The molecule has 24 heavy (non-hydrogen) atoms. The zero-order valence-electron chi connectivity index (χ0n) is 13.5. The van der Waals surface area contributed by atoms with E-state index in [-0.39, 0.29) is 16.6 Å². The first kappa shape index (κ1) is 19.0. The molecular weight excluding hydrogens is 371 g/mol. The fraction of sp³-hybridized carbons (Fsp3) is 0.400. The van der Waals surface area contributed by atoms with Gasteiger partial charge in [-0.05, 0) is 31.0 Å². The third-order valence-electron chi connectivity index (χ3n) is 2.90. The Morgan fingerprint density at radius 2 is 2.12 bits per heavy atom. The molecule has 0 aliphatic heterocycles. The summed E-state index contributed by atoms with van der Waals surface area (Å²) < 4.78 is 14.4. The number of carbonyl (C=O) groups is 1. The summed E-state index contributed by atoms with van der Waals surface area (Å²) in [7, 11) is 0. The highest BCUT2D eigenvalue weighted by atomic mass is 35.5. The van der Waals surface area contributed by atoms with Crippen molar-refractivity contribution in [2.75, 3.05) is 17.2 Å². The van der Waals surface area contributed by atoms with Gasteiger partial charge in [0.15, 0.2) is 4.34 Å². The molecule has 0 fully saturated rings. The summed E-state index contributed by atoms with van der Waals surface area (Å²) in [5, 5.41) is 14.4. The standard InChI is InChI=1S/C15H18ClFN4OS2/c1-8(2)7-18-14-20-21-15(24-14)23-9(3)13(22)19-12-5-4-10(16)6-11(12)17/h4-6,8-9H,7H2,1-3H3,(H,18,20)(H,19,22). The van der Waals surface area contributed by atoms with Gasteiger partial charge in [0, 0.05) is 11.6 Å². The van der Waals surface area contributed by atoms with Crippen LogP contribution in [0.5, 0.6) is 0 Å². The largest absolute Gasteiger partial charge is 0.360 e. The monoisotopic (exact) mass is 388 g/mol. The molecule has 0 saturated carbocycles. The maximum atomic E-state index is 13.7. The number of rotatable bonds is 7. The molecule has 2 rings (SSSR count). The molecule has 1 atom stereocenters. The van der Waals surface area contributed by atoms with Gasteiger partial charge in [0.1, 0.15) is 5.82 Å². The van der Waals surface area contributed by atoms with Crippen LogP contribution in [0.25, 0.3) is 0 Å². The number of hydrogen-bond acceptors (Lipinski definition) is 6. The van der Waals surface area contributed by atoms with Crippen LogP contribution in [0.4, 0.5) is 15.2 Å². The lowest BCUT2D eigenvalue weighted by Crippen LogP contribution is -2.22. The van der Waals surface area contributed by atoms with Crippen LogP contribution >= 0.6 is 34.7 Å². The van der Waals surface area contributed by atoms with Crippen LogP contribution in [-0.4, -0.2) is 27.9 Å². The van der Waals surface area contributed by atoms with Crippen LogP contribution in [-0.2, 0) is 4.79 Å². The minimum Gasteiger partial charge on any atom is -0.360 e. The van der Waals surface area contributed by atoms with E-state index in [0.29, 0.717) is 10.3 Å². The number of anilines is 2. The lowest BCUT2D eigenvalue weighted by Gasteiger charge is -2.11. The van der Waals surface area contributed by atoms with Gasteiger partial charge in [0.25, 0.3) is 0 Å². The SMILES string of the molecule is CC(C)CNc1nnc(SC(C)C(=O)Nc2ccc(Cl)cc2F)s1. The Hall–Kier alpha value is -1.38. The van der Waals surface area contributed by atoms with Crippen molar-refractivity contribution < 1.29 is 9.18 Å². The van der Waals surface area contributed by atoms with Crippen LogP contribution in [0.3, 0.4) is 0 Å². The average molecular weight is 389 g/mol. The van der Waals surface area contributed by atoms with Crippen molar-refractivity contribution in [2.45, 2.75) is 30.4 Å². The van der Waals surface area contributed by atoms with Gasteiger partial charge in [-0.2, -0.15) is 0 Å². The first-order valence-corrected chi connectivity index (χ1v) is 9.42. The van der Waals surface area contributed by atoms with Crippen LogP contribution in [0.15, 0.2) is 22.5 Å². The normalized spacial score (nSPS) is 12.2. The van der Waals surface area contributed by atoms with Crippen molar-refractivity contribution in [1.29, 1.82) is 0 Å². The first-order chi connectivity index (χ1) is 11.3. The summed E-state index contributed by atoms with van der Waals surface area (Å²) in [4.78, 5) is 12.2. The Bertz CT molecular complexity index is 711. The zero-order valence-corrected chi connectivity index (χ0v) is 15.9. The predicted molar refractivity (Wildman–Crippen MR) is 98.6 cm³/mol. The Morgan fingerprint density at radius 1 is 1.38 bits per heavy atom. The molecule has 1 aromatic carbocycles. The van der Waals surface area contributed by atoms with Crippen molar-refractivity contribution in [3.8, 4) is 0 Å². The Balaban J connectivity index is 1.91. The number of hydrogen-bond donors (Lipinski definition) is 2. The number of carbonyl (C=O) groups excluding carboxylic acids is 1. The molecule has 0 spiro atoms. The molecule has 0 bridgehead atoms. The lowest BCUT2D eigenvalue weighted by atomic mass is 10.2. The highest BCUT2D eigenvalue weighted by Crippen LogP contribution is 2.30. The van der Waals surface area contributed by atoms with Gasteiger partial charge in [0.05, 0.1) is 10.9 Å². The number of amides is 1. The van der Waals surface area contributed by atoms with Gasteiger partial charge < -0.3 is 10.6 Å². The summed E-state index contributed by atoms with van der Waals surface area (Å²) in [6, 6.07) is 4.12. The fourth-order valence-corrected chi connectivity index (χ4v) is 3.71. The third kappa shape index (κ3) is 5.61. The molecule has 1 unspecified atom stereocenters. The number of aromatic nitrogens is 2. The van der Waals surface area contributed by atoms with Crippen molar-refractivity contribution >= 4 is 51.4 Å². The minimum atomic E-state index is -0.566. The second kappa shape index (κ2) is 8.64. The van der Waals surface area contributed by atoms with E-state index in [1.54, 1.807) is 6.92 Å². The van der Waals surface area contributed by atoms with E-state index >= 15 is 0 Å². The number of benzene rings is 1. The molecule has 1 amide bonds. The van der Waals surface area contributed by atoms with Gasteiger partial charge in [-0.1, -0.05) is 48.5 Å². The van der Waals surface area contributed by atoms with Crippen LogP contribution in [0, 0.1) is 11.7 Å². The van der Waals surface area contributed by atoms with E-state index in [1.165, 1.54) is 35.2 Å². The van der Waals surface area contributed by atoms with Gasteiger partial charge in [-0.3, -0.25) is 4.79 Å². The summed E-state index contributed by atoms with van der Waals surface area (Å²) in [5.41, 5.74) is 0.105. The van der Waals surface area contributed by atoms with E-state index in [0.717, 1.165) is 17.7 Å². The molecule has 0 aliphatic rings. The summed E-state index contributed by atoms with van der Waals surface area (Å²) in [5.74, 6) is -0.374. The van der Waals surface area contributed by atoms with E-state index in [1.807, 2.05) is 0 Å². The Labute approximate surface area is 153 Å². The topological polar surface area (TPSA) is 66.9 Å². The minimum absolute atomic E-state index is 0.105. The molecule has 0 saturated heterocycles. The van der Waals surface area contributed by atoms with E-state index < -0.39 is 11.1 Å². The Kier molecular flexibility index (Phi) is 6.82. The smallest absolute Gasteiger partial charge is 0.237 e. The van der Waals surface area contributed by atoms with E-state index in [4.69, 9.17) is 11.6 Å². The highest BCUT2D eigenvalue weighted by molar-refractivity contribution is 8.02. The second-order valence-corrected chi connectivity index (χ2v) is 8.52. The van der Waals surface area contributed by atoms with E-state index in [9.17, 15) is 9.18 Å². The van der Waals surface area contributed by atoms with E-state index in [2.05, 4.69) is 34.7 Å². The van der Waals surface area contributed by atoms with Crippen molar-refractivity contribution in [1.82, 2.24) is 10.2 Å². The van der Waals surface area contributed by atoms with Crippen molar-refractivity contribution in [3.05, 3.63) is 29.0 Å². The van der Waals surface area contributed by atoms with Crippen LogP contribution in [0.2, 0.25) is 5.02 Å². The molecule has 0 radical (unpaired) electrons. The molecular formula is C15H18ClFN4OS2. The molecule has 5 nitrogen and oxygen atoms in total. The highest BCUT2D eigenvalue weighted by Gasteiger charge is 2.18. The first-order valence-electron chi connectivity index (χ1n) is 7.35. The number of halogens is 2. The number of nitrogens with one attached hydrogen (secondary N) is 2. The molecule has 1 heterocycles. The summed E-state index contributed by atoms with van der Waals surface area (Å²) in [6.07, 6.45) is 0. The lowest BCUT2D eigenvalue weighted by molar-refractivity contribution is -0.115. The Morgan fingerprint density at radius 3 is 2.79 bits per heavy atom. The zero-order chi connectivity index (χ0) is 17.7. The van der Waals surface area contributed by atoms with Crippen LogP contribution in [0.1, 0.15) is 20.8 Å². The molecule has 9 heteroatoms. The molecule has 1 aromatic heterocycles. The molecule has 2 aromatic rings. The second-order valence-electron chi connectivity index (χ2n) is 5.52. The van der Waals surface area contributed by atoms with Crippen LogP contribution < -0.4 is 10.6 Å². The van der Waals surface area contributed by atoms with Gasteiger partial charge in [-0.15, -0.1) is 10.2 Å². The maximum Gasteiger partial charge on any atom is 0.237 e. The number of thioether (sulfide) groups is 1. The van der Waals surface area contributed by atoms with Gasteiger partial charge in [-0.25, -0.2) is 4.39 Å². The predicted octanol–water partition coefficient (Wildman–Crippen LogP) is 4.52. The quantitative estimate of drug-likeness (QED) is 0.682. The van der Waals surface area contributed by atoms with Gasteiger partial charge in [0.2, 0.25) is 11.0 Å². The van der Waals surface area contributed by atoms with Crippen molar-refractivity contribution in [2.24, 2.45) is 5.92 Å².